The fourth-order valence-electron chi connectivity index (χ4n) is 7.89. The summed E-state index contributed by atoms with van der Waals surface area (Å²) in [6.07, 6.45) is 78.9. The molecule has 3 N–H and O–H groups in total. The average molecular weight is 1040 g/mol. The molecular formula is C63H108NO8P. The fraction of sp³-hybridized carbons (Fsp3) is 0.683. The molecule has 418 valence electrons. The standard InChI is InChI=1S/C63H108NO8P/c1-3-5-7-9-11-13-15-17-18-19-20-21-22-23-24-25-26-27-28-29-30-31-32-33-34-35-36-37-38-39-40-41-42-44-46-48-50-52-54-56-63(66)72-61(60-71-73(67,68)70-58-57-64)59-69-62(65)55-53-51-49-47-45-43-16-14-12-10-8-6-4-2/h5-8,11-14,17-18,20-21,23-24,26-27,43,45,61H,3-4,9-10,15-16,19,22,25,28-42,44,46-60,64H2,1-2H3,(H,67,68)/b7-5-,8-6-,13-11-,14-12-,18-17-,21-20-,24-23-,27-26-,45-43-. The van der Waals surface area contributed by atoms with E-state index in [1.165, 1.54) is 109 Å². The first kappa shape index (κ1) is 69.7. The molecule has 73 heavy (non-hydrogen) atoms. The second-order valence-corrected chi connectivity index (χ2v) is 20.6. The van der Waals surface area contributed by atoms with Crippen molar-refractivity contribution in [2.24, 2.45) is 5.73 Å². The van der Waals surface area contributed by atoms with E-state index in [-0.39, 0.29) is 32.6 Å². The van der Waals surface area contributed by atoms with Crippen LogP contribution >= 0.6 is 7.82 Å². The van der Waals surface area contributed by atoms with E-state index >= 15 is 0 Å². The first-order valence-electron chi connectivity index (χ1n) is 29.4. The van der Waals surface area contributed by atoms with Gasteiger partial charge in [0, 0.05) is 19.4 Å². The highest BCUT2D eigenvalue weighted by molar-refractivity contribution is 7.47. The predicted octanol–water partition coefficient (Wildman–Crippen LogP) is 18.6. The fourth-order valence-corrected chi connectivity index (χ4v) is 8.65. The minimum Gasteiger partial charge on any atom is -0.462 e. The van der Waals surface area contributed by atoms with Crippen LogP contribution < -0.4 is 5.73 Å². The van der Waals surface area contributed by atoms with Gasteiger partial charge in [0.25, 0.3) is 0 Å². The van der Waals surface area contributed by atoms with Crippen LogP contribution in [0.5, 0.6) is 0 Å². The van der Waals surface area contributed by atoms with Crippen LogP contribution in [-0.2, 0) is 32.7 Å². The number of phosphoric ester groups is 1. The van der Waals surface area contributed by atoms with Crippen molar-refractivity contribution < 1.29 is 37.6 Å². The number of esters is 2. The number of nitrogens with two attached hydrogens (primary N) is 1. The van der Waals surface area contributed by atoms with E-state index in [2.05, 4.69) is 123 Å². The monoisotopic (exact) mass is 1040 g/mol. The van der Waals surface area contributed by atoms with Gasteiger partial charge in [0.05, 0.1) is 13.2 Å². The Bertz CT molecular complexity index is 1560. The lowest BCUT2D eigenvalue weighted by Gasteiger charge is -2.19. The van der Waals surface area contributed by atoms with E-state index in [0.29, 0.717) is 12.8 Å². The number of carbonyl (C=O) groups is 2. The zero-order valence-corrected chi connectivity index (χ0v) is 47.5. The van der Waals surface area contributed by atoms with Crippen molar-refractivity contribution in [3.63, 3.8) is 0 Å². The van der Waals surface area contributed by atoms with Gasteiger partial charge in [0.2, 0.25) is 0 Å². The third kappa shape index (κ3) is 57.8. The molecule has 0 heterocycles. The topological polar surface area (TPSA) is 134 Å². The Hall–Kier alpha value is -3.33. The van der Waals surface area contributed by atoms with Crippen molar-refractivity contribution in [2.45, 2.75) is 251 Å². The predicted molar refractivity (Wildman–Crippen MR) is 311 cm³/mol. The molecule has 0 aromatic heterocycles. The number of hydrogen-bond donors (Lipinski definition) is 2. The van der Waals surface area contributed by atoms with E-state index in [0.717, 1.165) is 96.3 Å². The largest absolute Gasteiger partial charge is 0.472 e. The lowest BCUT2D eigenvalue weighted by Crippen LogP contribution is -2.29. The molecular weight excluding hydrogens is 930 g/mol. The van der Waals surface area contributed by atoms with Crippen LogP contribution in [0, 0.1) is 0 Å². The maximum absolute atomic E-state index is 12.7. The Balaban J connectivity index is 3.83. The van der Waals surface area contributed by atoms with Crippen molar-refractivity contribution in [2.75, 3.05) is 26.4 Å². The van der Waals surface area contributed by atoms with Crippen molar-refractivity contribution in [1.82, 2.24) is 0 Å². The van der Waals surface area contributed by atoms with E-state index in [4.69, 9.17) is 24.3 Å². The van der Waals surface area contributed by atoms with Crippen molar-refractivity contribution in [3.05, 3.63) is 109 Å². The Kier molecular flexibility index (Phi) is 55.3. The number of hydrogen-bond acceptors (Lipinski definition) is 8. The second kappa shape index (κ2) is 57.9. The Morgan fingerprint density at radius 1 is 0.411 bits per heavy atom. The Morgan fingerprint density at radius 3 is 1.07 bits per heavy atom. The first-order valence-corrected chi connectivity index (χ1v) is 30.9. The number of unbranched alkanes of at least 4 members (excludes halogenated alkanes) is 23. The summed E-state index contributed by atoms with van der Waals surface area (Å²) in [5.41, 5.74) is 5.37. The molecule has 10 heteroatoms. The molecule has 0 aliphatic carbocycles. The van der Waals surface area contributed by atoms with Crippen LogP contribution in [0.4, 0.5) is 0 Å². The third-order valence-corrected chi connectivity index (χ3v) is 13.1. The maximum Gasteiger partial charge on any atom is 0.472 e. The molecule has 0 aliphatic heterocycles. The molecule has 0 fully saturated rings. The Morgan fingerprint density at radius 2 is 0.712 bits per heavy atom. The summed E-state index contributed by atoms with van der Waals surface area (Å²) in [4.78, 5) is 35.0. The van der Waals surface area contributed by atoms with Gasteiger partial charge in [-0.25, -0.2) is 4.57 Å². The molecule has 0 spiro atoms. The summed E-state index contributed by atoms with van der Waals surface area (Å²) in [6.45, 7) is 3.48. The van der Waals surface area contributed by atoms with Gasteiger partial charge in [-0.15, -0.1) is 0 Å². The third-order valence-electron chi connectivity index (χ3n) is 12.2. The van der Waals surface area contributed by atoms with E-state index in [9.17, 15) is 19.0 Å². The van der Waals surface area contributed by atoms with Gasteiger partial charge in [-0.05, 0) is 96.3 Å². The van der Waals surface area contributed by atoms with Gasteiger partial charge in [-0.1, -0.05) is 245 Å². The zero-order valence-electron chi connectivity index (χ0n) is 46.6. The molecule has 2 unspecified atom stereocenters. The van der Waals surface area contributed by atoms with Crippen LogP contribution in [0.2, 0.25) is 0 Å². The normalized spacial score (nSPS) is 13.9. The Labute approximate surface area is 448 Å². The number of ether oxygens (including phenoxy) is 2. The lowest BCUT2D eigenvalue weighted by atomic mass is 10.0. The summed E-state index contributed by atoms with van der Waals surface area (Å²) in [5, 5.41) is 0. The van der Waals surface area contributed by atoms with Gasteiger partial charge in [-0.2, -0.15) is 0 Å². The zero-order chi connectivity index (χ0) is 53.1. The SMILES string of the molecule is CC/C=C\C/C=C\C/C=C\C/C=C\C/C=C\C/C=C\CCCCCCCCCCCCCCCCCCCCCCC(=O)OC(COC(=O)CCCCC/C=C\C/C=C\C/C=C\CC)COP(=O)(O)OCCN. The summed E-state index contributed by atoms with van der Waals surface area (Å²) in [6, 6.07) is 0. The van der Waals surface area contributed by atoms with Crippen LogP contribution in [0.25, 0.3) is 0 Å². The number of rotatable bonds is 54. The number of allylic oxidation sites excluding steroid dienone is 18. The molecule has 0 bridgehead atoms. The van der Waals surface area contributed by atoms with Gasteiger partial charge in [-0.3, -0.25) is 18.6 Å². The average Bonchev–Trinajstić information content (AvgIpc) is 3.38. The highest BCUT2D eigenvalue weighted by Gasteiger charge is 2.26. The minimum absolute atomic E-state index is 0.0462. The molecule has 9 nitrogen and oxygen atoms in total. The maximum atomic E-state index is 12.7. The van der Waals surface area contributed by atoms with Crippen LogP contribution in [0.3, 0.4) is 0 Å². The van der Waals surface area contributed by atoms with Crippen LogP contribution in [0.15, 0.2) is 109 Å². The lowest BCUT2D eigenvalue weighted by molar-refractivity contribution is -0.161. The van der Waals surface area contributed by atoms with Crippen molar-refractivity contribution in [3.8, 4) is 0 Å². The summed E-state index contributed by atoms with van der Waals surface area (Å²) >= 11 is 0. The smallest absolute Gasteiger partial charge is 0.462 e. The van der Waals surface area contributed by atoms with Crippen molar-refractivity contribution in [1.29, 1.82) is 0 Å². The summed E-state index contributed by atoms with van der Waals surface area (Å²) < 4.78 is 32.9. The summed E-state index contributed by atoms with van der Waals surface area (Å²) in [7, 11) is -4.39. The van der Waals surface area contributed by atoms with Crippen LogP contribution in [0.1, 0.15) is 245 Å². The molecule has 2 atom stereocenters. The molecule has 0 aromatic rings. The van der Waals surface area contributed by atoms with Crippen LogP contribution in [-0.4, -0.2) is 49.3 Å². The molecule has 0 aliphatic rings. The summed E-state index contributed by atoms with van der Waals surface area (Å²) in [5.74, 6) is -0.862. The van der Waals surface area contributed by atoms with Gasteiger partial charge >= 0.3 is 19.8 Å². The van der Waals surface area contributed by atoms with Crippen molar-refractivity contribution >= 4 is 19.8 Å². The highest BCUT2D eigenvalue weighted by atomic mass is 31.2. The molecule has 0 amide bonds. The molecule has 0 saturated carbocycles. The molecule has 0 saturated heterocycles. The highest BCUT2D eigenvalue weighted by Crippen LogP contribution is 2.43. The minimum atomic E-state index is -4.39. The molecule has 0 radical (unpaired) electrons. The van der Waals surface area contributed by atoms with E-state index < -0.39 is 32.5 Å². The van der Waals surface area contributed by atoms with E-state index in [1.807, 2.05) is 0 Å². The van der Waals surface area contributed by atoms with Gasteiger partial charge in [0.15, 0.2) is 6.10 Å². The number of carbonyl (C=O) groups excluding carboxylic acids is 2. The van der Waals surface area contributed by atoms with Gasteiger partial charge in [0.1, 0.15) is 6.61 Å². The first-order chi connectivity index (χ1) is 35.8. The quantitative estimate of drug-likeness (QED) is 0.0264. The molecule has 0 aromatic carbocycles. The molecule has 0 rings (SSSR count). The van der Waals surface area contributed by atoms with Gasteiger partial charge < -0.3 is 20.1 Å². The second-order valence-electron chi connectivity index (χ2n) is 19.1. The van der Waals surface area contributed by atoms with E-state index in [1.54, 1.807) is 0 Å². The number of phosphoric acid groups is 1.